The minimum absolute atomic E-state index is 0.0819. The van der Waals surface area contributed by atoms with Crippen molar-refractivity contribution in [1.82, 2.24) is 10.2 Å². The summed E-state index contributed by atoms with van der Waals surface area (Å²) in [6.07, 6.45) is 5.30. The van der Waals surface area contributed by atoms with E-state index in [9.17, 15) is 9.59 Å². The molecule has 0 heterocycles. The predicted molar refractivity (Wildman–Crippen MR) is 97.3 cm³/mol. The van der Waals surface area contributed by atoms with Crippen molar-refractivity contribution >= 4 is 11.8 Å². The number of unbranched alkanes of at least 4 members (excludes halogenated alkanes) is 2. The molecular weight excluding hydrogens is 288 g/mol. The average Bonchev–Trinajstić information content (AvgIpc) is 2.46. The van der Waals surface area contributed by atoms with Gasteiger partial charge in [-0.3, -0.25) is 9.59 Å². The molecule has 0 aliphatic carbocycles. The highest BCUT2D eigenvalue weighted by atomic mass is 16.2. The fraction of sp³-hybridized carbons (Fsp3) is 0.895. The maximum absolute atomic E-state index is 12.5. The van der Waals surface area contributed by atoms with Crippen molar-refractivity contribution < 1.29 is 9.59 Å². The van der Waals surface area contributed by atoms with Crippen molar-refractivity contribution in [2.75, 3.05) is 13.1 Å². The summed E-state index contributed by atoms with van der Waals surface area (Å²) in [4.78, 5) is 26.8. The zero-order valence-electron chi connectivity index (χ0n) is 16.4. The highest BCUT2D eigenvalue weighted by Crippen LogP contribution is 2.32. The molecule has 23 heavy (non-hydrogen) atoms. The van der Waals surface area contributed by atoms with Gasteiger partial charge in [-0.1, -0.05) is 47.5 Å². The van der Waals surface area contributed by atoms with Crippen LogP contribution >= 0.6 is 0 Å². The largest absolute Gasteiger partial charge is 0.356 e. The van der Waals surface area contributed by atoms with Gasteiger partial charge in [-0.2, -0.15) is 0 Å². The van der Waals surface area contributed by atoms with Crippen molar-refractivity contribution in [1.29, 1.82) is 0 Å². The normalized spacial score (nSPS) is 12.1. The Morgan fingerprint density at radius 1 is 0.957 bits per heavy atom. The van der Waals surface area contributed by atoms with Crippen LogP contribution in [0.15, 0.2) is 0 Å². The Hall–Kier alpha value is -1.06. The molecule has 0 aromatic carbocycles. The first-order valence-electron chi connectivity index (χ1n) is 9.21. The second-order valence-corrected chi connectivity index (χ2v) is 7.74. The first-order valence-corrected chi connectivity index (χ1v) is 9.21. The molecule has 0 aromatic heterocycles. The molecule has 0 saturated carbocycles. The van der Waals surface area contributed by atoms with Gasteiger partial charge in [-0.25, -0.2) is 0 Å². The van der Waals surface area contributed by atoms with E-state index in [1.807, 2.05) is 25.7 Å². The third-order valence-corrected chi connectivity index (χ3v) is 4.37. The highest BCUT2D eigenvalue weighted by molar-refractivity contribution is 5.82. The van der Waals surface area contributed by atoms with Crippen LogP contribution in [-0.4, -0.2) is 35.3 Å². The van der Waals surface area contributed by atoms with Gasteiger partial charge in [-0.15, -0.1) is 0 Å². The first-order chi connectivity index (χ1) is 10.6. The topological polar surface area (TPSA) is 49.4 Å². The Labute approximate surface area is 143 Å². The Morgan fingerprint density at radius 2 is 1.52 bits per heavy atom. The van der Waals surface area contributed by atoms with Crippen LogP contribution in [0.1, 0.15) is 87.0 Å². The SMILES string of the molecule is CCCCNC(=O)C(C)(C)CC(C)(C)N(CCCC)C(=O)CC. The zero-order chi connectivity index (χ0) is 18.1. The van der Waals surface area contributed by atoms with E-state index in [1.54, 1.807) is 0 Å². The molecule has 0 unspecified atom stereocenters. The maximum Gasteiger partial charge on any atom is 0.225 e. The number of hydrogen-bond acceptors (Lipinski definition) is 2. The quantitative estimate of drug-likeness (QED) is 0.580. The standard InChI is InChI=1S/C19H38N2O2/c1-8-11-13-20-17(23)18(4,5)15-19(6,7)21(14-12-9-2)16(22)10-3/h8-15H2,1-7H3,(H,20,23). The van der Waals surface area contributed by atoms with Crippen LogP contribution < -0.4 is 5.32 Å². The number of rotatable bonds is 11. The van der Waals surface area contributed by atoms with Crippen molar-refractivity contribution in [2.45, 2.75) is 92.5 Å². The van der Waals surface area contributed by atoms with Crippen molar-refractivity contribution in [3.05, 3.63) is 0 Å². The average molecular weight is 327 g/mol. The van der Waals surface area contributed by atoms with E-state index >= 15 is 0 Å². The van der Waals surface area contributed by atoms with Crippen molar-refractivity contribution in [2.24, 2.45) is 5.41 Å². The van der Waals surface area contributed by atoms with E-state index in [0.29, 0.717) is 12.8 Å². The minimum atomic E-state index is -0.490. The smallest absolute Gasteiger partial charge is 0.225 e. The Morgan fingerprint density at radius 3 is 2.00 bits per heavy atom. The third-order valence-electron chi connectivity index (χ3n) is 4.37. The molecule has 0 rings (SSSR count). The fourth-order valence-electron chi connectivity index (χ4n) is 3.15. The lowest BCUT2D eigenvalue weighted by Crippen LogP contribution is -2.52. The van der Waals surface area contributed by atoms with Gasteiger partial charge in [0.25, 0.3) is 0 Å². The van der Waals surface area contributed by atoms with Gasteiger partial charge in [0.05, 0.1) is 0 Å². The first kappa shape index (κ1) is 21.9. The minimum Gasteiger partial charge on any atom is -0.356 e. The molecule has 4 nitrogen and oxygen atoms in total. The molecular formula is C19H38N2O2. The lowest BCUT2D eigenvalue weighted by atomic mass is 9.78. The zero-order valence-corrected chi connectivity index (χ0v) is 16.4. The summed E-state index contributed by atoms with van der Waals surface area (Å²) in [7, 11) is 0. The summed E-state index contributed by atoms with van der Waals surface area (Å²) in [6.45, 7) is 15.8. The summed E-state index contributed by atoms with van der Waals surface area (Å²) in [6, 6.07) is 0. The van der Waals surface area contributed by atoms with Gasteiger partial charge in [-0.05, 0) is 33.1 Å². The number of amides is 2. The van der Waals surface area contributed by atoms with Crippen LogP contribution in [0.4, 0.5) is 0 Å². The summed E-state index contributed by atoms with van der Waals surface area (Å²) in [5, 5.41) is 3.03. The van der Waals surface area contributed by atoms with Crippen LogP contribution in [0, 0.1) is 5.41 Å². The number of hydrogen-bond donors (Lipinski definition) is 1. The molecule has 0 spiro atoms. The molecule has 4 heteroatoms. The Kier molecular flexibility index (Phi) is 9.48. The second kappa shape index (κ2) is 9.94. The van der Waals surface area contributed by atoms with E-state index in [-0.39, 0.29) is 17.4 Å². The monoisotopic (exact) mass is 326 g/mol. The maximum atomic E-state index is 12.5. The third kappa shape index (κ3) is 7.36. The molecule has 0 aromatic rings. The Bertz CT molecular complexity index is 376. The van der Waals surface area contributed by atoms with E-state index in [4.69, 9.17) is 0 Å². The number of carbonyl (C=O) groups is 2. The van der Waals surface area contributed by atoms with Crippen LogP contribution in [0.5, 0.6) is 0 Å². The highest BCUT2D eigenvalue weighted by Gasteiger charge is 2.39. The molecule has 0 bridgehead atoms. The molecule has 0 saturated heterocycles. The summed E-state index contributed by atoms with van der Waals surface area (Å²) < 4.78 is 0. The Balaban J connectivity index is 4.99. The summed E-state index contributed by atoms with van der Waals surface area (Å²) in [5.74, 6) is 0.254. The van der Waals surface area contributed by atoms with Gasteiger partial charge in [0.15, 0.2) is 0 Å². The molecule has 0 radical (unpaired) electrons. The molecule has 0 aliphatic heterocycles. The van der Waals surface area contributed by atoms with Gasteiger partial charge in [0, 0.05) is 30.5 Å². The molecule has 1 N–H and O–H groups in total. The number of nitrogens with one attached hydrogen (secondary N) is 1. The van der Waals surface area contributed by atoms with Gasteiger partial charge < -0.3 is 10.2 Å². The van der Waals surface area contributed by atoms with Crippen molar-refractivity contribution in [3.8, 4) is 0 Å². The molecule has 0 fully saturated rings. The summed E-state index contributed by atoms with van der Waals surface area (Å²) in [5.41, 5.74) is -0.816. The van der Waals surface area contributed by atoms with Crippen LogP contribution in [0.3, 0.4) is 0 Å². The summed E-state index contributed by atoms with van der Waals surface area (Å²) >= 11 is 0. The predicted octanol–water partition coefficient (Wildman–Crippen LogP) is 4.14. The molecule has 0 aliphatic rings. The van der Waals surface area contributed by atoms with Crippen LogP contribution in [0.2, 0.25) is 0 Å². The fourth-order valence-corrected chi connectivity index (χ4v) is 3.15. The lowest BCUT2D eigenvalue weighted by molar-refractivity contribution is -0.140. The van der Waals surface area contributed by atoms with Crippen molar-refractivity contribution in [3.63, 3.8) is 0 Å². The van der Waals surface area contributed by atoms with Gasteiger partial charge in [0.2, 0.25) is 11.8 Å². The molecule has 136 valence electrons. The van der Waals surface area contributed by atoms with Gasteiger partial charge >= 0.3 is 0 Å². The van der Waals surface area contributed by atoms with Crippen LogP contribution in [0.25, 0.3) is 0 Å². The van der Waals surface area contributed by atoms with Crippen LogP contribution in [-0.2, 0) is 9.59 Å². The number of nitrogens with zero attached hydrogens (tertiary/aromatic N) is 1. The molecule has 0 atom stereocenters. The van der Waals surface area contributed by atoms with Gasteiger partial charge in [0.1, 0.15) is 0 Å². The van der Waals surface area contributed by atoms with E-state index in [1.165, 1.54) is 0 Å². The lowest BCUT2D eigenvalue weighted by Gasteiger charge is -2.43. The van der Waals surface area contributed by atoms with E-state index in [2.05, 4.69) is 33.0 Å². The van der Waals surface area contributed by atoms with E-state index in [0.717, 1.165) is 38.8 Å². The van der Waals surface area contributed by atoms with E-state index < -0.39 is 5.41 Å². The second-order valence-electron chi connectivity index (χ2n) is 7.74. The molecule has 2 amide bonds. The number of carbonyl (C=O) groups excluding carboxylic acids is 2.